The van der Waals surface area contributed by atoms with Gasteiger partial charge in [-0.15, -0.1) is 22.7 Å². The van der Waals surface area contributed by atoms with Crippen LogP contribution in [0, 0.1) is 0 Å². The van der Waals surface area contributed by atoms with Crippen LogP contribution in [0.4, 0.5) is 5.69 Å². The number of aryl methyl sites for hydroxylation is 1. The van der Waals surface area contributed by atoms with Gasteiger partial charge in [0.25, 0.3) is 0 Å². The zero-order valence-electron chi connectivity index (χ0n) is 25.5. The molecule has 3 aromatic heterocycles. The molecule has 1 aliphatic heterocycles. The summed E-state index contributed by atoms with van der Waals surface area (Å²) in [5, 5.41) is 3.32. The first-order valence-electron chi connectivity index (χ1n) is 15.4. The zero-order chi connectivity index (χ0) is 30.3. The van der Waals surface area contributed by atoms with Crippen LogP contribution in [0.15, 0.2) is 127 Å². The van der Waals surface area contributed by atoms with Crippen molar-refractivity contribution in [1.82, 2.24) is 9.97 Å². The number of allylic oxidation sites excluding steroid dienone is 3. The molecular weight excluding hydrogens is 715 g/mol. The normalized spacial score (nSPS) is 13.9. The fourth-order valence-electron chi connectivity index (χ4n) is 6.31. The molecule has 0 aliphatic carbocycles. The SMILES string of the molecule is CCN1/C(=C/C=C/c2cc(-c3nc4ccccc4s3)c3ccccc3[n+]2CC)C=C(c2nc3ccccc3s2)c2ccccc21.[I-]. The summed E-state index contributed by atoms with van der Waals surface area (Å²) in [6, 6.07) is 36.4. The predicted molar refractivity (Wildman–Crippen MR) is 192 cm³/mol. The third-order valence-corrected chi connectivity index (χ3v) is 10.5. The largest absolute Gasteiger partial charge is 1.00 e. The van der Waals surface area contributed by atoms with E-state index in [1.54, 1.807) is 22.7 Å². The first-order valence-corrected chi connectivity index (χ1v) is 17.0. The van der Waals surface area contributed by atoms with Gasteiger partial charge in [0, 0.05) is 52.8 Å². The highest BCUT2D eigenvalue weighted by molar-refractivity contribution is 7.21. The van der Waals surface area contributed by atoms with Crippen LogP contribution >= 0.6 is 22.7 Å². The number of hydrogen-bond donors (Lipinski definition) is 0. The molecule has 0 saturated carbocycles. The van der Waals surface area contributed by atoms with Crippen molar-refractivity contribution >= 4 is 71.3 Å². The first-order chi connectivity index (χ1) is 22.2. The number of likely N-dealkylation sites (N-methyl/N-ethyl adjacent to an activating group) is 1. The summed E-state index contributed by atoms with van der Waals surface area (Å²) in [6.07, 6.45) is 8.96. The van der Waals surface area contributed by atoms with Crippen LogP contribution in [0.25, 0.3) is 53.6 Å². The number of nitrogens with zero attached hydrogens (tertiary/aromatic N) is 4. The molecular formula is C39H31IN4S2. The lowest BCUT2D eigenvalue weighted by Gasteiger charge is -2.31. The third-order valence-electron chi connectivity index (χ3n) is 8.39. The fourth-order valence-corrected chi connectivity index (χ4v) is 8.31. The summed E-state index contributed by atoms with van der Waals surface area (Å²) >= 11 is 3.51. The minimum Gasteiger partial charge on any atom is -1.00 e. The predicted octanol–water partition coefficient (Wildman–Crippen LogP) is 6.91. The van der Waals surface area contributed by atoms with Gasteiger partial charge in [-0.05, 0) is 62.4 Å². The number of hydrogen-bond acceptors (Lipinski definition) is 5. The van der Waals surface area contributed by atoms with Gasteiger partial charge < -0.3 is 28.9 Å². The van der Waals surface area contributed by atoms with Gasteiger partial charge in [0.1, 0.15) is 16.6 Å². The Morgan fingerprint density at radius 2 is 1.39 bits per heavy atom. The number of rotatable bonds is 6. The molecule has 0 unspecified atom stereocenters. The maximum atomic E-state index is 5.03. The van der Waals surface area contributed by atoms with E-state index >= 15 is 0 Å². The van der Waals surface area contributed by atoms with Crippen molar-refractivity contribution in [3.63, 3.8) is 0 Å². The second kappa shape index (κ2) is 12.9. The second-order valence-corrected chi connectivity index (χ2v) is 13.0. The minimum atomic E-state index is 0. The molecule has 226 valence electrons. The highest BCUT2D eigenvalue weighted by atomic mass is 127. The number of fused-ring (bicyclic) bond motifs is 4. The Morgan fingerprint density at radius 3 is 2.13 bits per heavy atom. The van der Waals surface area contributed by atoms with Crippen molar-refractivity contribution in [2.45, 2.75) is 20.4 Å². The molecule has 8 rings (SSSR count). The Hall–Kier alpha value is -4.18. The second-order valence-electron chi connectivity index (χ2n) is 11.0. The minimum absolute atomic E-state index is 0. The summed E-state index contributed by atoms with van der Waals surface area (Å²) in [5.41, 5.74) is 10.4. The zero-order valence-corrected chi connectivity index (χ0v) is 29.3. The number of thiazole rings is 2. The van der Waals surface area contributed by atoms with Crippen LogP contribution in [-0.4, -0.2) is 16.5 Å². The molecule has 0 fully saturated rings. The van der Waals surface area contributed by atoms with E-state index in [4.69, 9.17) is 9.97 Å². The first kappa shape index (κ1) is 30.5. The van der Waals surface area contributed by atoms with Crippen LogP contribution in [0.1, 0.15) is 30.1 Å². The number of pyridine rings is 1. The number of benzene rings is 4. The van der Waals surface area contributed by atoms with E-state index in [1.807, 2.05) is 0 Å². The van der Waals surface area contributed by atoms with Crippen LogP contribution in [0.2, 0.25) is 0 Å². The Balaban J connectivity index is 0.00000338. The van der Waals surface area contributed by atoms with Gasteiger partial charge >= 0.3 is 0 Å². The monoisotopic (exact) mass is 746 g/mol. The molecule has 7 aromatic rings. The Kier molecular flexibility index (Phi) is 8.55. The van der Waals surface area contributed by atoms with Crippen molar-refractivity contribution in [3.8, 4) is 10.6 Å². The third kappa shape index (κ3) is 5.36. The molecule has 1 aliphatic rings. The van der Waals surface area contributed by atoms with Crippen molar-refractivity contribution in [3.05, 3.63) is 143 Å². The van der Waals surface area contributed by atoms with Crippen LogP contribution in [-0.2, 0) is 6.54 Å². The van der Waals surface area contributed by atoms with Gasteiger partial charge in [0.15, 0.2) is 0 Å². The molecule has 4 heterocycles. The average Bonchev–Trinajstić information content (AvgIpc) is 3.72. The van der Waals surface area contributed by atoms with E-state index in [9.17, 15) is 0 Å². The molecule has 4 aromatic carbocycles. The Labute approximate surface area is 293 Å². The summed E-state index contributed by atoms with van der Waals surface area (Å²) in [6.45, 7) is 6.16. The van der Waals surface area contributed by atoms with E-state index in [2.05, 4.69) is 151 Å². The van der Waals surface area contributed by atoms with E-state index in [0.717, 1.165) is 45.5 Å². The molecule has 4 nitrogen and oxygen atoms in total. The average molecular weight is 747 g/mol. The maximum absolute atomic E-state index is 5.03. The van der Waals surface area contributed by atoms with Crippen LogP contribution in [0.5, 0.6) is 0 Å². The lowest BCUT2D eigenvalue weighted by atomic mass is 9.97. The van der Waals surface area contributed by atoms with E-state index < -0.39 is 0 Å². The molecule has 0 saturated heterocycles. The summed E-state index contributed by atoms with van der Waals surface area (Å²) in [4.78, 5) is 12.5. The molecule has 0 radical (unpaired) electrons. The highest BCUT2D eigenvalue weighted by Crippen LogP contribution is 2.41. The van der Waals surface area contributed by atoms with Crippen molar-refractivity contribution in [2.24, 2.45) is 0 Å². The van der Waals surface area contributed by atoms with Crippen molar-refractivity contribution in [1.29, 1.82) is 0 Å². The van der Waals surface area contributed by atoms with Crippen LogP contribution < -0.4 is 33.4 Å². The lowest BCUT2D eigenvalue weighted by molar-refractivity contribution is -0.669. The van der Waals surface area contributed by atoms with Gasteiger partial charge in [0.05, 0.1) is 25.8 Å². The molecule has 46 heavy (non-hydrogen) atoms. The maximum Gasteiger partial charge on any atom is 0.213 e. The summed E-state index contributed by atoms with van der Waals surface area (Å²) in [7, 11) is 0. The number of aromatic nitrogens is 3. The standard InChI is InChI=1S/C39H31N4S2.HI/c1-3-42-26(24-30(28-16-5-9-20-34(28)42)38-40-32-18-7-11-22-36(32)44-38)14-13-15-27-25-31(29-17-6-10-21-35(29)43(27)4-2)39-41-33-19-8-12-23-37(33)45-39;/h5-25H,3-4H2,1-2H3;1H/q+1;/p-1. The van der Waals surface area contributed by atoms with Gasteiger partial charge in [-0.2, -0.15) is 4.57 Å². The number of para-hydroxylation sites is 4. The number of halogens is 1. The quantitative estimate of drug-likeness (QED) is 0.137. The van der Waals surface area contributed by atoms with E-state index in [-0.39, 0.29) is 24.0 Å². The summed E-state index contributed by atoms with van der Waals surface area (Å²) < 4.78 is 4.80. The fraction of sp³-hybridized carbons (Fsp3) is 0.103. The van der Waals surface area contributed by atoms with Crippen LogP contribution in [0.3, 0.4) is 0 Å². The highest BCUT2D eigenvalue weighted by Gasteiger charge is 2.24. The van der Waals surface area contributed by atoms with Gasteiger partial charge in [-0.1, -0.05) is 60.7 Å². The van der Waals surface area contributed by atoms with E-state index in [1.165, 1.54) is 42.7 Å². The lowest BCUT2D eigenvalue weighted by Crippen LogP contribution is -3.00. The van der Waals surface area contributed by atoms with E-state index in [0.29, 0.717) is 0 Å². The molecule has 0 spiro atoms. The topological polar surface area (TPSA) is 32.9 Å². The van der Waals surface area contributed by atoms with Crippen molar-refractivity contribution in [2.75, 3.05) is 11.4 Å². The molecule has 0 bridgehead atoms. The smallest absolute Gasteiger partial charge is 0.213 e. The Morgan fingerprint density at radius 1 is 0.739 bits per heavy atom. The van der Waals surface area contributed by atoms with Gasteiger partial charge in [0.2, 0.25) is 11.2 Å². The summed E-state index contributed by atoms with van der Waals surface area (Å²) in [5.74, 6) is 0. The molecule has 0 atom stereocenters. The molecule has 7 heteroatoms. The number of anilines is 1. The van der Waals surface area contributed by atoms with Gasteiger partial charge in [-0.25, -0.2) is 9.97 Å². The molecule has 0 N–H and O–H groups in total. The Bertz CT molecular complexity index is 2260. The molecule has 0 amide bonds. The van der Waals surface area contributed by atoms with Crippen molar-refractivity contribution < 1.29 is 28.5 Å². The van der Waals surface area contributed by atoms with Gasteiger partial charge in [-0.3, -0.25) is 0 Å².